The molecule has 0 spiro atoms. The van der Waals surface area contributed by atoms with Crippen molar-refractivity contribution >= 4 is 5.91 Å². The first kappa shape index (κ1) is 35.9. The van der Waals surface area contributed by atoms with Gasteiger partial charge in [0.05, 0.1) is 18.8 Å². The molecular formula is C33H63NO3. The molecule has 0 saturated carbocycles. The number of aliphatic hydroxyl groups is 2. The van der Waals surface area contributed by atoms with Crippen LogP contribution in [0.4, 0.5) is 0 Å². The number of rotatable bonds is 28. The van der Waals surface area contributed by atoms with E-state index in [4.69, 9.17) is 0 Å². The lowest BCUT2D eigenvalue weighted by Gasteiger charge is -2.22. The third-order valence-corrected chi connectivity index (χ3v) is 7.22. The lowest BCUT2D eigenvalue weighted by Crippen LogP contribution is -2.45. The Balaban J connectivity index is 3.64. The number of unbranched alkanes of at least 4 members (excludes halogenated alkanes) is 17. The van der Waals surface area contributed by atoms with Gasteiger partial charge in [-0.15, -0.1) is 0 Å². The molecule has 218 valence electrons. The van der Waals surface area contributed by atoms with Crippen molar-refractivity contribution in [2.45, 2.75) is 174 Å². The summed E-state index contributed by atoms with van der Waals surface area (Å²) < 4.78 is 0. The predicted octanol–water partition coefficient (Wildman–Crippen LogP) is 8.95. The van der Waals surface area contributed by atoms with Crippen LogP contribution in [0.3, 0.4) is 0 Å². The van der Waals surface area contributed by atoms with E-state index in [9.17, 15) is 15.0 Å². The summed E-state index contributed by atoms with van der Waals surface area (Å²) in [6, 6.07) is -0.538. The average molecular weight is 522 g/mol. The molecule has 4 heteroatoms. The van der Waals surface area contributed by atoms with E-state index in [-0.39, 0.29) is 12.5 Å². The minimum Gasteiger partial charge on any atom is -0.394 e. The van der Waals surface area contributed by atoms with E-state index in [0.29, 0.717) is 12.8 Å². The first-order chi connectivity index (χ1) is 18.2. The molecule has 0 rings (SSSR count). The topological polar surface area (TPSA) is 69.6 Å². The second-order valence-corrected chi connectivity index (χ2v) is 10.9. The Morgan fingerprint density at radius 3 is 1.68 bits per heavy atom. The summed E-state index contributed by atoms with van der Waals surface area (Å²) in [6.45, 7) is 4.29. The van der Waals surface area contributed by atoms with E-state index in [2.05, 4.69) is 43.5 Å². The summed E-state index contributed by atoms with van der Waals surface area (Å²) in [7, 11) is 0. The van der Waals surface area contributed by atoms with Gasteiger partial charge in [-0.2, -0.15) is 0 Å². The minimum absolute atomic E-state index is 0.0492. The van der Waals surface area contributed by atoms with Crippen LogP contribution in [0.5, 0.6) is 0 Å². The molecule has 0 aromatic heterocycles. The van der Waals surface area contributed by atoms with Crippen LogP contribution in [0, 0.1) is 0 Å². The molecule has 1 amide bonds. The average Bonchev–Trinajstić information content (AvgIpc) is 2.90. The number of amides is 1. The van der Waals surface area contributed by atoms with Gasteiger partial charge in [0.2, 0.25) is 5.91 Å². The lowest BCUT2D eigenvalue weighted by atomic mass is 10.0. The van der Waals surface area contributed by atoms with Gasteiger partial charge in [-0.3, -0.25) is 4.79 Å². The van der Waals surface area contributed by atoms with Crippen LogP contribution in [0.25, 0.3) is 0 Å². The summed E-state index contributed by atoms with van der Waals surface area (Å²) >= 11 is 0. The van der Waals surface area contributed by atoms with Crippen LogP contribution in [0.1, 0.15) is 162 Å². The second-order valence-electron chi connectivity index (χ2n) is 10.9. The molecule has 37 heavy (non-hydrogen) atoms. The first-order valence-corrected chi connectivity index (χ1v) is 16.0. The van der Waals surface area contributed by atoms with Gasteiger partial charge in [-0.25, -0.2) is 0 Å². The van der Waals surface area contributed by atoms with Crippen molar-refractivity contribution in [3.63, 3.8) is 0 Å². The Bertz CT molecular complexity index is 532. The highest BCUT2D eigenvalue weighted by atomic mass is 16.3. The molecule has 0 radical (unpaired) electrons. The zero-order valence-corrected chi connectivity index (χ0v) is 24.7. The van der Waals surface area contributed by atoms with E-state index in [1.165, 1.54) is 89.9 Å². The normalized spacial score (nSPS) is 13.5. The van der Waals surface area contributed by atoms with Gasteiger partial charge in [0.15, 0.2) is 0 Å². The zero-order chi connectivity index (χ0) is 27.2. The molecule has 0 aliphatic rings. The maximum Gasteiger partial charge on any atom is 0.220 e. The summed E-state index contributed by atoms with van der Waals surface area (Å²) in [5.74, 6) is -0.0492. The van der Waals surface area contributed by atoms with Gasteiger partial charge in [0.1, 0.15) is 0 Å². The standard InChI is InChI=1S/C33H63NO3/c1-3-5-7-9-11-13-15-16-17-18-19-21-23-25-27-29-33(37)34-31(30-35)32(36)28-26-24-22-20-14-12-10-8-6-4-2/h11,13,16-17,31-32,35-36H,3-10,12,14-15,18-30H2,1-2H3,(H,34,37)/b13-11-,17-16-. The largest absolute Gasteiger partial charge is 0.394 e. The first-order valence-electron chi connectivity index (χ1n) is 16.0. The maximum absolute atomic E-state index is 12.2. The molecule has 2 unspecified atom stereocenters. The van der Waals surface area contributed by atoms with Gasteiger partial charge < -0.3 is 15.5 Å². The highest BCUT2D eigenvalue weighted by Crippen LogP contribution is 2.13. The number of nitrogens with one attached hydrogen (secondary N) is 1. The van der Waals surface area contributed by atoms with Crippen LogP contribution in [-0.4, -0.2) is 34.9 Å². The molecule has 0 aromatic carbocycles. The minimum atomic E-state index is -0.660. The Labute approximate surface area is 230 Å². The molecule has 0 saturated heterocycles. The van der Waals surface area contributed by atoms with Crippen LogP contribution < -0.4 is 5.32 Å². The summed E-state index contributed by atoms with van der Waals surface area (Å²) in [4.78, 5) is 12.2. The summed E-state index contributed by atoms with van der Waals surface area (Å²) in [5, 5.41) is 22.9. The molecule has 0 bridgehead atoms. The number of carbonyl (C=O) groups is 1. The van der Waals surface area contributed by atoms with E-state index in [0.717, 1.165) is 44.9 Å². The molecule has 2 atom stereocenters. The van der Waals surface area contributed by atoms with Crippen LogP contribution >= 0.6 is 0 Å². The number of carbonyl (C=O) groups excluding carboxylic acids is 1. The highest BCUT2D eigenvalue weighted by molar-refractivity contribution is 5.76. The SMILES string of the molecule is CCCCC/C=C\C/C=C\CCCCCCCC(=O)NC(CO)C(O)CCCCCCCCCCCC. The second kappa shape index (κ2) is 29.4. The van der Waals surface area contributed by atoms with Gasteiger partial charge in [-0.05, 0) is 44.9 Å². The Morgan fingerprint density at radius 2 is 1.11 bits per heavy atom. The van der Waals surface area contributed by atoms with Gasteiger partial charge in [0, 0.05) is 6.42 Å². The zero-order valence-electron chi connectivity index (χ0n) is 24.7. The summed E-state index contributed by atoms with van der Waals surface area (Å²) in [5.41, 5.74) is 0. The quantitative estimate of drug-likeness (QED) is 0.0711. The monoisotopic (exact) mass is 521 g/mol. The van der Waals surface area contributed by atoms with E-state index in [1.807, 2.05) is 0 Å². The van der Waals surface area contributed by atoms with Gasteiger partial charge >= 0.3 is 0 Å². The molecule has 3 N–H and O–H groups in total. The van der Waals surface area contributed by atoms with Crippen LogP contribution in [0.15, 0.2) is 24.3 Å². The fraction of sp³-hybridized carbons (Fsp3) is 0.848. The predicted molar refractivity (Wildman–Crippen MR) is 161 cm³/mol. The van der Waals surface area contributed by atoms with Crippen molar-refractivity contribution in [3.8, 4) is 0 Å². The smallest absolute Gasteiger partial charge is 0.220 e. The lowest BCUT2D eigenvalue weighted by molar-refractivity contribution is -0.123. The van der Waals surface area contributed by atoms with Gasteiger partial charge in [0.25, 0.3) is 0 Å². The van der Waals surface area contributed by atoms with E-state index in [1.54, 1.807) is 0 Å². The number of aliphatic hydroxyl groups excluding tert-OH is 2. The van der Waals surface area contributed by atoms with Gasteiger partial charge in [-0.1, -0.05) is 134 Å². The van der Waals surface area contributed by atoms with Crippen molar-refractivity contribution in [3.05, 3.63) is 24.3 Å². The van der Waals surface area contributed by atoms with Crippen molar-refractivity contribution in [2.24, 2.45) is 0 Å². The molecule has 0 fully saturated rings. The van der Waals surface area contributed by atoms with Crippen molar-refractivity contribution in [2.75, 3.05) is 6.61 Å². The Kier molecular flexibility index (Phi) is 28.5. The van der Waals surface area contributed by atoms with E-state index >= 15 is 0 Å². The Hall–Kier alpha value is -1.13. The molecule has 0 heterocycles. The number of allylic oxidation sites excluding steroid dienone is 4. The number of hydrogen-bond donors (Lipinski definition) is 3. The van der Waals surface area contributed by atoms with Crippen molar-refractivity contribution < 1.29 is 15.0 Å². The van der Waals surface area contributed by atoms with Crippen molar-refractivity contribution in [1.82, 2.24) is 5.32 Å². The number of hydrogen-bond acceptors (Lipinski definition) is 3. The molecule has 0 aliphatic heterocycles. The fourth-order valence-electron chi connectivity index (χ4n) is 4.68. The van der Waals surface area contributed by atoms with Crippen LogP contribution in [0.2, 0.25) is 0 Å². The third kappa shape index (κ3) is 26.3. The summed E-state index contributed by atoms with van der Waals surface area (Å²) in [6.07, 6.45) is 35.0. The Morgan fingerprint density at radius 1 is 0.649 bits per heavy atom. The molecule has 0 aliphatic carbocycles. The fourth-order valence-corrected chi connectivity index (χ4v) is 4.68. The van der Waals surface area contributed by atoms with Crippen LogP contribution in [-0.2, 0) is 4.79 Å². The molecular weight excluding hydrogens is 458 g/mol. The highest BCUT2D eigenvalue weighted by Gasteiger charge is 2.19. The van der Waals surface area contributed by atoms with Crippen molar-refractivity contribution in [1.29, 1.82) is 0 Å². The molecule has 4 nitrogen and oxygen atoms in total. The maximum atomic E-state index is 12.2. The molecule has 0 aromatic rings. The van der Waals surface area contributed by atoms with E-state index < -0.39 is 12.1 Å². The third-order valence-electron chi connectivity index (χ3n) is 7.22.